The summed E-state index contributed by atoms with van der Waals surface area (Å²) in [5.74, 6) is 0.396. The average molecular weight is 483 g/mol. The molecule has 5 rings (SSSR count). The minimum absolute atomic E-state index is 0.0599. The zero-order valence-electron chi connectivity index (χ0n) is 20.0. The van der Waals surface area contributed by atoms with Gasteiger partial charge >= 0.3 is 0 Å². The van der Waals surface area contributed by atoms with Crippen LogP contribution in [0, 0.1) is 5.82 Å². The third-order valence-electron chi connectivity index (χ3n) is 6.33. The molecule has 3 aromatic carbocycles. The van der Waals surface area contributed by atoms with Crippen LogP contribution in [0.5, 0.6) is 5.75 Å². The van der Waals surface area contributed by atoms with Gasteiger partial charge in [-0.05, 0) is 77.2 Å². The quantitative estimate of drug-likeness (QED) is 0.292. The highest BCUT2D eigenvalue weighted by atomic mass is 19.1. The number of aromatic amines is 1. The van der Waals surface area contributed by atoms with Crippen molar-refractivity contribution in [2.24, 2.45) is 0 Å². The van der Waals surface area contributed by atoms with Crippen LogP contribution in [0.4, 0.5) is 4.39 Å². The maximum atomic E-state index is 14.1. The van der Waals surface area contributed by atoms with Crippen LogP contribution in [0.3, 0.4) is 0 Å². The Kier molecular flexibility index (Phi) is 6.80. The smallest absolute Gasteiger partial charge is 0.220 e. The van der Waals surface area contributed by atoms with Crippen LogP contribution in [-0.4, -0.2) is 27.8 Å². The first-order valence-corrected chi connectivity index (χ1v) is 11.9. The molecule has 0 fully saturated rings. The Morgan fingerprint density at radius 2 is 1.86 bits per heavy atom. The van der Waals surface area contributed by atoms with Crippen LogP contribution >= 0.6 is 0 Å². The van der Waals surface area contributed by atoms with E-state index < -0.39 is 0 Å². The summed E-state index contributed by atoms with van der Waals surface area (Å²) in [4.78, 5) is 16.3. The number of ether oxygens (including phenoxy) is 1. The normalized spacial score (nSPS) is 11.1. The molecule has 1 amide bonds. The zero-order valence-corrected chi connectivity index (χ0v) is 20.0. The number of amides is 1. The first kappa shape index (κ1) is 23.4. The fourth-order valence-electron chi connectivity index (χ4n) is 4.46. The largest absolute Gasteiger partial charge is 0.497 e. The number of methoxy groups -OCH3 is 1. The van der Waals surface area contributed by atoms with Gasteiger partial charge in [0.05, 0.1) is 13.7 Å². The molecule has 2 N–H and O–H groups in total. The second-order valence-electron chi connectivity index (χ2n) is 8.65. The van der Waals surface area contributed by atoms with Crippen molar-refractivity contribution in [2.75, 3.05) is 7.11 Å². The van der Waals surface area contributed by atoms with Gasteiger partial charge in [0, 0.05) is 42.0 Å². The van der Waals surface area contributed by atoms with Crippen LogP contribution in [0.25, 0.3) is 22.2 Å². The summed E-state index contributed by atoms with van der Waals surface area (Å²) < 4.78 is 21.2. The number of carbonyl (C=O) groups is 1. The van der Waals surface area contributed by atoms with Gasteiger partial charge in [0.25, 0.3) is 0 Å². The summed E-state index contributed by atoms with van der Waals surface area (Å²) in [6.45, 7) is 1.08. The number of carbonyl (C=O) groups excluding carboxylic acids is 1. The van der Waals surface area contributed by atoms with Crippen LogP contribution in [0.15, 0.2) is 85.2 Å². The molecule has 0 spiro atoms. The molecule has 0 unspecified atom stereocenters. The molecule has 2 aromatic heterocycles. The van der Waals surface area contributed by atoms with E-state index in [0.29, 0.717) is 19.5 Å². The van der Waals surface area contributed by atoms with Crippen molar-refractivity contribution in [3.63, 3.8) is 0 Å². The molecule has 0 radical (unpaired) electrons. The van der Waals surface area contributed by atoms with E-state index in [1.165, 1.54) is 12.1 Å². The summed E-state index contributed by atoms with van der Waals surface area (Å²) in [6.07, 6.45) is 4.43. The van der Waals surface area contributed by atoms with E-state index in [1.807, 2.05) is 65.5 Å². The lowest BCUT2D eigenvalue weighted by molar-refractivity contribution is -0.121. The number of nitrogens with zero attached hydrogens (tertiary/aromatic N) is 2. The maximum Gasteiger partial charge on any atom is 0.220 e. The second kappa shape index (κ2) is 10.5. The van der Waals surface area contributed by atoms with Crippen molar-refractivity contribution in [2.45, 2.75) is 25.9 Å². The van der Waals surface area contributed by atoms with Gasteiger partial charge in [0.1, 0.15) is 11.6 Å². The Morgan fingerprint density at radius 1 is 1.06 bits per heavy atom. The monoisotopic (exact) mass is 482 g/mol. The number of hydrogen-bond donors (Lipinski definition) is 2. The molecule has 0 aliphatic carbocycles. The van der Waals surface area contributed by atoms with E-state index in [2.05, 4.69) is 15.4 Å². The molecule has 0 atom stereocenters. The molecule has 0 saturated carbocycles. The van der Waals surface area contributed by atoms with Crippen molar-refractivity contribution in [3.05, 3.63) is 108 Å². The van der Waals surface area contributed by atoms with Gasteiger partial charge in [0.15, 0.2) is 0 Å². The van der Waals surface area contributed by atoms with Gasteiger partial charge in [0.2, 0.25) is 5.91 Å². The molecule has 0 aliphatic heterocycles. The highest BCUT2D eigenvalue weighted by molar-refractivity contribution is 5.91. The summed E-state index contributed by atoms with van der Waals surface area (Å²) in [5, 5.41) is 8.11. The van der Waals surface area contributed by atoms with Gasteiger partial charge in [-0.1, -0.05) is 24.3 Å². The van der Waals surface area contributed by atoms with Crippen molar-refractivity contribution < 1.29 is 13.9 Å². The average Bonchev–Trinajstić information content (AvgIpc) is 3.54. The van der Waals surface area contributed by atoms with Crippen LogP contribution in [0.2, 0.25) is 0 Å². The molecule has 36 heavy (non-hydrogen) atoms. The SMILES string of the molecule is COc1ccc(-c2[nH]c3ccc(F)cc3c2CCC(=O)NCc2ccccc2Cn2cccn2)cc1. The molecule has 7 heteroatoms. The minimum atomic E-state index is -0.303. The zero-order chi connectivity index (χ0) is 24.9. The molecular formula is C29H27FN4O2. The standard InChI is InChI=1S/C29H27FN4O2/c1-36-24-10-7-20(8-11-24)29-25(26-17-23(30)9-13-27(26)33-29)12-14-28(35)31-18-21-5-2-3-6-22(21)19-34-16-4-15-32-34/h2-11,13,15-17,33H,12,14,18-19H2,1H3,(H,31,35). The highest BCUT2D eigenvalue weighted by Gasteiger charge is 2.16. The van der Waals surface area contributed by atoms with Gasteiger partial charge < -0.3 is 15.0 Å². The third kappa shape index (κ3) is 5.15. The molecule has 0 bridgehead atoms. The van der Waals surface area contributed by atoms with Crippen molar-refractivity contribution in [3.8, 4) is 17.0 Å². The molecule has 0 saturated heterocycles. The Bertz CT molecular complexity index is 1470. The van der Waals surface area contributed by atoms with Crippen LogP contribution in [0.1, 0.15) is 23.1 Å². The number of halogens is 1. The first-order valence-electron chi connectivity index (χ1n) is 11.9. The number of aromatic nitrogens is 3. The van der Waals surface area contributed by atoms with E-state index >= 15 is 0 Å². The van der Waals surface area contributed by atoms with Crippen molar-refractivity contribution >= 4 is 16.8 Å². The van der Waals surface area contributed by atoms with Gasteiger partial charge in [-0.3, -0.25) is 9.48 Å². The lowest BCUT2D eigenvalue weighted by Crippen LogP contribution is -2.24. The lowest BCUT2D eigenvalue weighted by Gasteiger charge is -2.11. The molecule has 2 heterocycles. The van der Waals surface area contributed by atoms with E-state index in [4.69, 9.17) is 4.74 Å². The Balaban J connectivity index is 1.31. The lowest BCUT2D eigenvalue weighted by atomic mass is 10.0. The highest BCUT2D eigenvalue weighted by Crippen LogP contribution is 2.32. The number of nitrogens with one attached hydrogen (secondary N) is 2. The molecule has 5 aromatic rings. The second-order valence-corrected chi connectivity index (χ2v) is 8.65. The number of benzene rings is 3. The predicted molar refractivity (Wildman–Crippen MR) is 138 cm³/mol. The molecule has 0 aliphatic rings. The van der Waals surface area contributed by atoms with Crippen molar-refractivity contribution in [1.82, 2.24) is 20.1 Å². The minimum Gasteiger partial charge on any atom is -0.497 e. The summed E-state index contributed by atoms with van der Waals surface area (Å²) >= 11 is 0. The topological polar surface area (TPSA) is 71.9 Å². The summed E-state index contributed by atoms with van der Waals surface area (Å²) in [7, 11) is 1.63. The molecular weight excluding hydrogens is 455 g/mol. The van der Waals surface area contributed by atoms with Gasteiger partial charge in [-0.2, -0.15) is 5.10 Å². The van der Waals surface area contributed by atoms with Gasteiger partial charge in [-0.15, -0.1) is 0 Å². The van der Waals surface area contributed by atoms with E-state index in [9.17, 15) is 9.18 Å². The van der Waals surface area contributed by atoms with Crippen molar-refractivity contribution in [1.29, 1.82) is 0 Å². The number of aryl methyl sites for hydroxylation is 1. The molecule has 6 nitrogen and oxygen atoms in total. The fraction of sp³-hybridized carbons (Fsp3) is 0.172. The Morgan fingerprint density at radius 3 is 2.61 bits per heavy atom. The summed E-state index contributed by atoms with van der Waals surface area (Å²) in [5.41, 5.74) is 5.75. The fourth-order valence-corrected chi connectivity index (χ4v) is 4.46. The summed E-state index contributed by atoms with van der Waals surface area (Å²) in [6, 6.07) is 22.3. The van der Waals surface area contributed by atoms with E-state index in [-0.39, 0.29) is 18.1 Å². The predicted octanol–water partition coefficient (Wildman–Crippen LogP) is 5.48. The third-order valence-corrected chi connectivity index (χ3v) is 6.33. The van der Waals surface area contributed by atoms with Gasteiger partial charge in [-0.25, -0.2) is 4.39 Å². The number of hydrogen-bond acceptors (Lipinski definition) is 3. The number of H-pyrrole nitrogens is 1. The van der Waals surface area contributed by atoms with Crippen LogP contribution < -0.4 is 10.1 Å². The van der Waals surface area contributed by atoms with E-state index in [1.54, 1.807) is 19.4 Å². The van der Waals surface area contributed by atoms with E-state index in [0.717, 1.165) is 44.6 Å². The Hall–Kier alpha value is -4.39. The maximum absolute atomic E-state index is 14.1. The first-order chi connectivity index (χ1) is 17.6. The molecule has 182 valence electrons. The van der Waals surface area contributed by atoms with Crippen LogP contribution in [-0.2, 0) is 24.3 Å². The number of rotatable bonds is 9. The Labute approximate surface area is 208 Å². The number of fused-ring (bicyclic) bond motifs is 1.